The fourth-order valence-electron chi connectivity index (χ4n) is 3.00. The van der Waals surface area contributed by atoms with E-state index < -0.39 is 0 Å². The van der Waals surface area contributed by atoms with Crippen LogP contribution in [0.15, 0.2) is 54.6 Å². The summed E-state index contributed by atoms with van der Waals surface area (Å²) in [5.41, 5.74) is 2.45. The van der Waals surface area contributed by atoms with Crippen LogP contribution in [0.3, 0.4) is 0 Å². The summed E-state index contributed by atoms with van der Waals surface area (Å²) in [7, 11) is 0. The third-order valence-corrected chi connectivity index (χ3v) is 4.36. The second kappa shape index (κ2) is 9.73. The minimum absolute atomic E-state index is 0.118. The zero-order chi connectivity index (χ0) is 18.9. The van der Waals surface area contributed by atoms with Crippen LogP contribution in [0.5, 0.6) is 0 Å². The van der Waals surface area contributed by atoms with E-state index in [4.69, 9.17) is 0 Å². The SMILES string of the molecule is CCN(CC)C(CNC(=O)c1ccc(NC(C)=O)cc1)c1ccccc1. The summed E-state index contributed by atoms with van der Waals surface area (Å²) in [6.07, 6.45) is 0. The summed E-state index contributed by atoms with van der Waals surface area (Å²) in [6.45, 7) is 8.08. The highest BCUT2D eigenvalue weighted by Crippen LogP contribution is 2.19. The van der Waals surface area contributed by atoms with Crippen LogP contribution in [0.1, 0.15) is 42.7 Å². The minimum Gasteiger partial charge on any atom is -0.350 e. The van der Waals surface area contributed by atoms with Crippen molar-refractivity contribution in [2.24, 2.45) is 0 Å². The molecule has 26 heavy (non-hydrogen) atoms. The lowest BCUT2D eigenvalue weighted by Gasteiger charge is -2.30. The van der Waals surface area contributed by atoms with E-state index in [2.05, 4.69) is 41.5 Å². The van der Waals surface area contributed by atoms with Crippen molar-refractivity contribution in [1.82, 2.24) is 10.2 Å². The van der Waals surface area contributed by atoms with Crippen molar-refractivity contribution in [1.29, 1.82) is 0 Å². The van der Waals surface area contributed by atoms with Gasteiger partial charge in [0.15, 0.2) is 0 Å². The third-order valence-electron chi connectivity index (χ3n) is 4.36. The molecule has 0 spiro atoms. The van der Waals surface area contributed by atoms with Gasteiger partial charge < -0.3 is 10.6 Å². The number of benzene rings is 2. The van der Waals surface area contributed by atoms with Crippen LogP contribution in [0.2, 0.25) is 0 Å². The average Bonchev–Trinajstić information content (AvgIpc) is 2.65. The molecule has 2 rings (SSSR count). The number of nitrogens with zero attached hydrogens (tertiary/aromatic N) is 1. The molecule has 0 aliphatic heterocycles. The van der Waals surface area contributed by atoms with Gasteiger partial charge in [0.25, 0.3) is 5.91 Å². The molecule has 2 aromatic carbocycles. The van der Waals surface area contributed by atoms with Crippen molar-refractivity contribution in [3.63, 3.8) is 0 Å². The van der Waals surface area contributed by atoms with Gasteiger partial charge in [0, 0.05) is 24.7 Å². The molecule has 1 atom stereocenters. The van der Waals surface area contributed by atoms with Gasteiger partial charge in [0.05, 0.1) is 6.04 Å². The largest absolute Gasteiger partial charge is 0.350 e. The van der Waals surface area contributed by atoms with Gasteiger partial charge in [-0.2, -0.15) is 0 Å². The lowest BCUT2D eigenvalue weighted by atomic mass is 10.0. The van der Waals surface area contributed by atoms with E-state index in [-0.39, 0.29) is 17.9 Å². The summed E-state index contributed by atoms with van der Waals surface area (Å²) in [5.74, 6) is -0.250. The molecule has 0 heterocycles. The number of rotatable bonds is 8. The predicted molar refractivity (Wildman–Crippen MR) is 105 cm³/mol. The Morgan fingerprint density at radius 2 is 1.58 bits per heavy atom. The molecule has 5 nitrogen and oxygen atoms in total. The lowest BCUT2D eigenvalue weighted by Crippen LogP contribution is -2.38. The van der Waals surface area contributed by atoms with Gasteiger partial charge >= 0.3 is 0 Å². The highest BCUT2D eigenvalue weighted by molar-refractivity contribution is 5.95. The molecule has 0 aromatic heterocycles. The molecule has 0 aliphatic carbocycles. The maximum Gasteiger partial charge on any atom is 0.251 e. The van der Waals surface area contributed by atoms with E-state index in [0.29, 0.717) is 17.8 Å². The van der Waals surface area contributed by atoms with Gasteiger partial charge in [-0.25, -0.2) is 0 Å². The lowest BCUT2D eigenvalue weighted by molar-refractivity contribution is -0.114. The first-order valence-corrected chi connectivity index (χ1v) is 9.00. The first-order valence-electron chi connectivity index (χ1n) is 9.00. The number of anilines is 1. The summed E-state index contributed by atoms with van der Waals surface area (Å²) < 4.78 is 0. The minimum atomic E-state index is -0.132. The average molecular weight is 353 g/mol. The van der Waals surface area contributed by atoms with Crippen LogP contribution in [-0.2, 0) is 4.79 Å². The van der Waals surface area contributed by atoms with E-state index in [9.17, 15) is 9.59 Å². The summed E-state index contributed by atoms with van der Waals surface area (Å²) >= 11 is 0. The Kier molecular flexibility index (Phi) is 7.36. The summed E-state index contributed by atoms with van der Waals surface area (Å²) in [6, 6.07) is 17.3. The number of carbonyl (C=O) groups is 2. The second-order valence-electron chi connectivity index (χ2n) is 6.12. The zero-order valence-corrected chi connectivity index (χ0v) is 15.7. The van der Waals surface area contributed by atoms with Crippen LogP contribution in [0, 0.1) is 0 Å². The molecule has 2 aromatic rings. The smallest absolute Gasteiger partial charge is 0.251 e. The summed E-state index contributed by atoms with van der Waals surface area (Å²) in [5, 5.41) is 5.73. The molecule has 0 radical (unpaired) electrons. The van der Waals surface area contributed by atoms with Crippen molar-refractivity contribution < 1.29 is 9.59 Å². The van der Waals surface area contributed by atoms with Crippen molar-refractivity contribution >= 4 is 17.5 Å². The maximum absolute atomic E-state index is 12.5. The number of hydrogen-bond donors (Lipinski definition) is 2. The fourth-order valence-corrected chi connectivity index (χ4v) is 3.00. The molecule has 2 amide bonds. The standard InChI is InChI=1S/C21H27N3O2/c1-4-24(5-2)20(17-9-7-6-8-10-17)15-22-21(26)18-11-13-19(14-12-18)23-16(3)25/h6-14,20H,4-5,15H2,1-3H3,(H,22,26)(H,23,25). The van der Waals surface area contributed by atoms with Crippen LogP contribution < -0.4 is 10.6 Å². The third kappa shape index (κ3) is 5.43. The highest BCUT2D eigenvalue weighted by atomic mass is 16.2. The normalized spacial score (nSPS) is 11.8. The molecule has 0 saturated heterocycles. The van der Waals surface area contributed by atoms with E-state index in [1.807, 2.05) is 18.2 Å². The Bertz CT molecular complexity index is 710. The van der Waals surface area contributed by atoms with Crippen LogP contribution >= 0.6 is 0 Å². The first kappa shape index (κ1) is 19.7. The van der Waals surface area contributed by atoms with Crippen molar-refractivity contribution in [3.8, 4) is 0 Å². The van der Waals surface area contributed by atoms with Crippen LogP contribution in [-0.4, -0.2) is 36.3 Å². The molecular weight excluding hydrogens is 326 g/mol. The first-order chi connectivity index (χ1) is 12.5. The fraction of sp³-hybridized carbons (Fsp3) is 0.333. The van der Waals surface area contributed by atoms with Gasteiger partial charge in [-0.1, -0.05) is 44.2 Å². The van der Waals surface area contributed by atoms with Crippen molar-refractivity contribution in [3.05, 3.63) is 65.7 Å². The van der Waals surface area contributed by atoms with Crippen molar-refractivity contribution in [2.45, 2.75) is 26.8 Å². The summed E-state index contributed by atoms with van der Waals surface area (Å²) in [4.78, 5) is 25.9. The molecule has 5 heteroatoms. The predicted octanol–water partition coefficient (Wildman–Crippen LogP) is 3.46. The van der Waals surface area contributed by atoms with Crippen LogP contribution in [0.25, 0.3) is 0 Å². The molecular formula is C21H27N3O2. The Morgan fingerprint density at radius 1 is 0.962 bits per heavy atom. The zero-order valence-electron chi connectivity index (χ0n) is 15.7. The van der Waals surface area contributed by atoms with E-state index in [1.165, 1.54) is 12.5 Å². The topological polar surface area (TPSA) is 61.4 Å². The molecule has 0 fully saturated rings. The highest BCUT2D eigenvalue weighted by Gasteiger charge is 2.19. The monoisotopic (exact) mass is 353 g/mol. The van der Waals surface area contributed by atoms with E-state index >= 15 is 0 Å². The number of likely N-dealkylation sites (N-methyl/N-ethyl adjacent to an activating group) is 1. The van der Waals surface area contributed by atoms with Gasteiger partial charge in [-0.15, -0.1) is 0 Å². The van der Waals surface area contributed by atoms with Crippen molar-refractivity contribution in [2.75, 3.05) is 25.0 Å². The number of nitrogens with one attached hydrogen (secondary N) is 2. The molecule has 0 aliphatic rings. The van der Waals surface area contributed by atoms with Gasteiger partial charge in [-0.3, -0.25) is 14.5 Å². The van der Waals surface area contributed by atoms with Gasteiger partial charge in [0.1, 0.15) is 0 Å². The Hall–Kier alpha value is -2.66. The molecule has 2 N–H and O–H groups in total. The second-order valence-corrected chi connectivity index (χ2v) is 6.12. The van der Waals surface area contributed by atoms with E-state index in [1.54, 1.807) is 24.3 Å². The quantitative estimate of drug-likeness (QED) is 0.764. The maximum atomic E-state index is 12.5. The number of amides is 2. The molecule has 138 valence electrons. The van der Waals surface area contributed by atoms with Crippen LogP contribution in [0.4, 0.5) is 5.69 Å². The molecule has 1 unspecified atom stereocenters. The Morgan fingerprint density at radius 3 is 2.12 bits per heavy atom. The van der Waals surface area contributed by atoms with Gasteiger partial charge in [0.2, 0.25) is 5.91 Å². The van der Waals surface area contributed by atoms with E-state index in [0.717, 1.165) is 13.1 Å². The molecule has 0 bridgehead atoms. The Balaban J connectivity index is 2.05. The van der Waals surface area contributed by atoms with Gasteiger partial charge in [-0.05, 0) is 42.9 Å². The Labute approximate surface area is 155 Å². The number of carbonyl (C=O) groups excluding carboxylic acids is 2. The molecule has 0 saturated carbocycles. The number of hydrogen-bond acceptors (Lipinski definition) is 3.